The van der Waals surface area contributed by atoms with Crippen LogP contribution in [0.25, 0.3) is 0 Å². The molecule has 0 fully saturated rings. The van der Waals surface area contributed by atoms with Gasteiger partial charge in [-0.25, -0.2) is 8.42 Å². The molecule has 0 N–H and O–H groups in total. The van der Waals surface area contributed by atoms with Gasteiger partial charge in [-0.15, -0.1) is 0 Å². The number of fused-ring (bicyclic) bond motifs is 1. The van der Waals surface area contributed by atoms with Gasteiger partial charge in [-0.1, -0.05) is 23.7 Å². The molecule has 0 bridgehead atoms. The lowest BCUT2D eigenvalue weighted by molar-refractivity contribution is 0.295. The quantitative estimate of drug-likeness (QED) is 0.744. The van der Waals surface area contributed by atoms with E-state index in [1.807, 2.05) is 19.2 Å². The Kier molecular flexibility index (Phi) is 4.58. The van der Waals surface area contributed by atoms with Crippen LogP contribution >= 0.6 is 22.3 Å². The lowest BCUT2D eigenvalue weighted by Gasteiger charge is -2.33. The van der Waals surface area contributed by atoms with Crippen LogP contribution in [0, 0.1) is 11.3 Å². The molecule has 2 aromatic rings. The Balaban J connectivity index is 2.18. The van der Waals surface area contributed by atoms with Crippen LogP contribution in [0.2, 0.25) is 5.02 Å². The summed E-state index contributed by atoms with van der Waals surface area (Å²) in [6, 6.07) is 12.3. The van der Waals surface area contributed by atoms with E-state index in [9.17, 15) is 13.7 Å². The number of hydrogen-bond donors (Lipinski definition) is 0. The molecule has 1 aliphatic rings. The summed E-state index contributed by atoms with van der Waals surface area (Å²) in [4.78, 5) is 2.17. The van der Waals surface area contributed by atoms with Gasteiger partial charge in [0.1, 0.15) is 0 Å². The molecule has 0 radical (unpaired) electrons. The fourth-order valence-corrected chi connectivity index (χ4v) is 4.19. The van der Waals surface area contributed by atoms with E-state index in [1.54, 1.807) is 18.2 Å². The van der Waals surface area contributed by atoms with Gasteiger partial charge in [0.25, 0.3) is 9.05 Å². The molecule has 0 amide bonds. The molecule has 0 aromatic heterocycles. The monoisotopic (exact) mass is 380 g/mol. The number of halogens is 2. The Labute approximate surface area is 150 Å². The number of likely N-dealkylation sites (N-methyl/N-ethyl adjacent to an activating group) is 1. The summed E-state index contributed by atoms with van der Waals surface area (Å²) < 4.78 is 23.2. The highest BCUT2D eigenvalue weighted by Gasteiger charge is 2.28. The number of nitrogens with zero attached hydrogens (tertiary/aromatic N) is 2. The van der Waals surface area contributed by atoms with Crippen molar-refractivity contribution in [2.75, 3.05) is 13.6 Å². The molecule has 0 saturated heterocycles. The van der Waals surface area contributed by atoms with Gasteiger partial charge >= 0.3 is 0 Å². The molecule has 0 saturated carbocycles. The largest absolute Gasteiger partial charge is 0.301 e. The Morgan fingerprint density at radius 3 is 2.71 bits per heavy atom. The van der Waals surface area contributed by atoms with Crippen LogP contribution in [-0.4, -0.2) is 26.9 Å². The van der Waals surface area contributed by atoms with E-state index in [4.69, 9.17) is 22.3 Å². The van der Waals surface area contributed by atoms with Gasteiger partial charge in [-0.05, 0) is 48.0 Å². The predicted octanol–water partition coefficient (Wildman–Crippen LogP) is 3.72. The van der Waals surface area contributed by atoms with Gasteiger partial charge in [0.15, 0.2) is 0 Å². The Morgan fingerprint density at radius 2 is 2.04 bits per heavy atom. The van der Waals surface area contributed by atoms with Crippen LogP contribution in [-0.2, 0) is 15.6 Å². The van der Waals surface area contributed by atoms with Gasteiger partial charge in [-0.3, -0.25) is 0 Å². The van der Waals surface area contributed by atoms with E-state index in [1.165, 1.54) is 6.07 Å². The van der Waals surface area contributed by atoms with Crippen molar-refractivity contribution in [2.24, 2.45) is 0 Å². The van der Waals surface area contributed by atoms with Gasteiger partial charge < -0.3 is 4.90 Å². The summed E-state index contributed by atoms with van der Waals surface area (Å²) >= 11 is 6.17. The first-order valence-corrected chi connectivity index (χ1v) is 9.94. The Morgan fingerprint density at radius 1 is 1.29 bits per heavy atom. The van der Waals surface area contributed by atoms with Crippen molar-refractivity contribution in [3.8, 4) is 6.07 Å². The number of benzene rings is 2. The maximum atomic E-state index is 11.6. The fraction of sp³-hybridized carbons (Fsp3) is 0.235. The first-order chi connectivity index (χ1) is 11.3. The highest BCUT2D eigenvalue weighted by atomic mass is 35.7. The third kappa shape index (κ3) is 3.28. The zero-order valence-corrected chi connectivity index (χ0v) is 15.2. The lowest BCUT2D eigenvalue weighted by atomic mass is 9.83. The van der Waals surface area contributed by atoms with Crippen LogP contribution in [0.15, 0.2) is 41.3 Å². The summed E-state index contributed by atoms with van der Waals surface area (Å²) in [6.45, 7) is 1.35. The first kappa shape index (κ1) is 17.2. The van der Waals surface area contributed by atoms with Crippen molar-refractivity contribution in [2.45, 2.75) is 17.4 Å². The minimum absolute atomic E-state index is 0.0685. The smallest absolute Gasteiger partial charge is 0.261 e. The highest BCUT2D eigenvalue weighted by molar-refractivity contribution is 8.13. The molecular formula is C17H14Cl2N2O2S. The zero-order valence-electron chi connectivity index (χ0n) is 12.8. The fourth-order valence-electron chi connectivity index (χ4n) is 3.16. The second kappa shape index (κ2) is 6.38. The maximum absolute atomic E-state index is 11.6. The molecule has 3 rings (SSSR count). The van der Waals surface area contributed by atoms with Crippen molar-refractivity contribution in [1.29, 1.82) is 5.26 Å². The highest BCUT2D eigenvalue weighted by Crippen LogP contribution is 2.37. The van der Waals surface area contributed by atoms with E-state index in [0.29, 0.717) is 23.7 Å². The zero-order chi connectivity index (χ0) is 17.5. The molecule has 4 nitrogen and oxygen atoms in total. The SMILES string of the molecule is CN1Cc2c(C#N)cc(Cl)cc2C(c2cccc(S(=O)(=O)Cl)c2)C1. The van der Waals surface area contributed by atoms with E-state index >= 15 is 0 Å². The van der Waals surface area contributed by atoms with Gasteiger partial charge in [0, 0.05) is 34.7 Å². The lowest BCUT2D eigenvalue weighted by Crippen LogP contribution is -2.31. The predicted molar refractivity (Wildman–Crippen MR) is 93.8 cm³/mol. The van der Waals surface area contributed by atoms with Gasteiger partial charge in [0.2, 0.25) is 0 Å². The summed E-state index contributed by atoms with van der Waals surface area (Å²) in [5.41, 5.74) is 3.27. The maximum Gasteiger partial charge on any atom is 0.261 e. The van der Waals surface area contributed by atoms with E-state index in [-0.39, 0.29) is 10.8 Å². The second-order valence-corrected chi connectivity index (χ2v) is 8.89. The topological polar surface area (TPSA) is 61.2 Å². The molecule has 1 aliphatic heterocycles. The Bertz CT molecular complexity index is 952. The molecule has 24 heavy (non-hydrogen) atoms. The molecule has 124 valence electrons. The second-order valence-electron chi connectivity index (χ2n) is 5.89. The van der Waals surface area contributed by atoms with Crippen molar-refractivity contribution < 1.29 is 8.42 Å². The third-order valence-electron chi connectivity index (χ3n) is 4.21. The minimum Gasteiger partial charge on any atom is -0.301 e. The normalized spacial score (nSPS) is 18.0. The molecule has 0 aliphatic carbocycles. The van der Waals surface area contributed by atoms with Crippen LogP contribution in [0.5, 0.6) is 0 Å². The van der Waals surface area contributed by atoms with E-state index in [0.717, 1.165) is 16.7 Å². The summed E-state index contributed by atoms with van der Waals surface area (Å²) in [5, 5.41) is 9.89. The molecule has 2 aromatic carbocycles. The van der Waals surface area contributed by atoms with Gasteiger partial charge in [0.05, 0.1) is 16.5 Å². The van der Waals surface area contributed by atoms with Crippen LogP contribution in [0.4, 0.5) is 0 Å². The molecule has 7 heteroatoms. The first-order valence-electron chi connectivity index (χ1n) is 7.25. The van der Waals surface area contributed by atoms with Crippen molar-refractivity contribution in [3.05, 3.63) is 63.7 Å². The third-order valence-corrected chi connectivity index (χ3v) is 5.78. The van der Waals surface area contributed by atoms with Crippen molar-refractivity contribution in [3.63, 3.8) is 0 Å². The van der Waals surface area contributed by atoms with E-state index < -0.39 is 9.05 Å². The molecule has 0 spiro atoms. The van der Waals surface area contributed by atoms with Crippen molar-refractivity contribution in [1.82, 2.24) is 4.90 Å². The average molecular weight is 381 g/mol. The van der Waals surface area contributed by atoms with Crippen molar-refractivity contribution >= 4 is 31.3 Å². The molecule has 1 atom stereocenters. The molecule has 1 unspecified atom stereocenters. The average Bonchev–Trinajstić information content (AvgIpc) is 2.53. The number of rotatable bonds is 2. The number of nitriles is 1. The minimum atomic E-state index is -3.80. The standard InChI is InChI=1S/C17H14Cl2N2O2S/c1-21-9-16(11-3-2-4-14(6-11)24(19,22)23)15-7-13(18)5-12(8-20)17(15)10-21/h2-7,16H,9-10H2,1H3. The van der Waals surface area contributed by atoms with Crippen LogP contribution < -0.4 is 0 Å². The van der Waals surface area contributed by atoms with Gasteiger partial charge in [-0.2, -0.15) is 5.26 Å². The summed E-state index contributed by atoms with van der Waals surface area (Å²) in [6.07, 6.45) is 0. The summed E-state index contributed by atoms with van der Waals surface area (Å²) in [7, 11) is 3.64. The summed E-state index contributed by atoms with van der Waals surface area (Å²) in [5.74, 6) is -0.0806. The Hall–Kier alpha value is -1.58. The molecule has 1 heterocycles. The molecular weight excluding hydrogens is 367 g/mol. The number of hydrogen-bond acceptors (Lipinski definition) is 4. The van der Waals surface area contributed by atoms with Crippen LogP contribution in [0.3, 0.4) is 0 Å². The van der Waals surface area contributed by atoms with E-state index in [2.05, 4.69) is 11.0 Å². The van der Waals surface area contributed by atoms with Crippen LogP contribution in [0.1, 0.15) is 28.2 Å².